The predicted molar refractivity (Wildman–Crippen MR) is 44.6 cm³/mol. The summed E-state index contributed by atoms with van der Waals surface area (Å²) in [5, 5.41) is 8.88. The molecule has 0 rings (SSSR count). The summed E-state index contributed by atoms with van der Waals surface area (Å²) in [4.78, 5) is 10.6. The predicted octanol–water partition coefficient (Wildman–Crippen LogP) is -12.9. The van der Waals surface area contributed by atoms with Crippen molar-refractivity contribution in [3.63, 3.8) is 0 Å². The largest absolute Gasteiger partial charge is 1.00 e. The van der Waals surface area contributed by atoms with E-state index in [9.17, 15) is 4.39 Å². The zero-order valence-corrected chi connectivity index (χ0v) is 17.2. The number of carboxylic acids is 1. The van der Waals surface area contributed by atoms with Crippen molar-refractivity contribution in [2.45, 2.75) is 0 Å². The van der Waals surface area contributed by atoms with E-state index in [1.807, 2.05) is 14.1 Å². The number of nitrogens with zero attached hydrogens (tertiary/aromatic N) is 1. The number of hydrogen-bond acceptors (Lipinski definition) is 4. The number of carbonyl (C=O) groups excluding carboxylic acids is 1. The van der Waals surface area contributed by atoms with Crippen LogP contribution in [0.1, 0.15) is 0 Å². The van der Waals surface area contributed by atoms with Crippen LogP contribution in [0, 0.1) is 0 Å². The molecule has 0 saturated heterocycles. The van der Waals surface area contributed by atoms with Crippen molar-refractivity contribution in [3.05, 3.63) is 0 Å². The molecule has 0 aromatic carbocycles. The molecule has 0 saturated carbocycles. The van der Waals surface area contributed by atoms with Gasteiger partial charge >= 0.3 is 88.7 Å². The summed E-state index contributed by atoms with van der Waals surface area (Å²) in [5.41, 5.74) is 0. The maximum absolute atomic E-state index is 10.5. The Morgan fingerprint density at radius 2 is 1.53 bits per heavy atom. The first-order chi connectivity index (χ1) is 4.91. The van der Waals surface area contributed by atoms with Gasteiger partial charge in [-0.15, -0.1) is 0 Å². The second kappa shape index (κ2) is 25.3. The summed E-state index contributed by atoms with van der Waals surface area (Å²) in [5.74, 6) is -1.66. The monoisotopic (exact) mass is 285 g/mol. The van der Waals surface area contributed by atoms with Crippen LogP contribution >= 0.6 is 12.2 Å². The van der Waals surface area contributed by atoms with Crippen molar-refractivity contribution < 1.29 is 108 Å². The zero-order valence-electron chi connectivity index (χ0n) is 9.54. The number of carbonyl (C=O) groups is 1. The number of aliphatic carboxylic acids is 1. The van der Waals surface area contributed by atoms with E-state index in [1.54, 1.807) is 4.90 Å². The third kappa shape index (κ3) is 48.1. The number of rotatable bonds is 1. The molecule has 0 amide bonds. The molecule has 0 aromatic rings. The Labute approximate surface area is 166 Å². The van der Waals surface area contributed by atoms with E-state index < -0.39 is 12.6 Å². The molecule has 10 heteroatoms. The van der Waals surface area contributed by atoms with Crippen LogP contribution < -0.4 is 98.5 Å². The zero-order chi connectivity index (χ0) is 9.44. The second-order valence-electron chi connectivity index (χ2n) is 1.67. The van der Waals surface area contributed by atoms with Crippen LogP contribution in [-0.4, -0.2) is 36.0 Å². The van der Waals surface area contributed by atoms with Gasteiger partial charge in [-0.1, -0.05) is 4.32 Å². The molecule has 0 aliphatic carbocycles. The molecule has 74 valence electrons. The molecule has 0 aliphatic heterocycles. The summed E-state index contributed by atoms with van der Waals surface area (Å²) < 4.78 is 11.0. The first kappa shape index (κ1) is 36.0. The van der Waals surface area contributed by atoms with E-state index >= 15 is 0 Å². The van der Waals surface area contributed by atoms with Gasteiger partial charge in [0.1, 0.15) is 6.67 Å². The molecule has 0 N–H and O–H groups in total. The van der Waals surface area contributed by atoms with Crippen LogP contribution in [0.4, 0.5) is 4.39 Å². The molecule has 0 atom stereocenters. The van der Waals surface area contributed by atoms with Crippen molar-refractivity contribution in [1.82, 2.24) is 4.90 Å². The Bertz CT molecular complexity index is 154. The fraction of sp³-hybridized carbons (Fsp3) is 0.600. The molecule has 3 nitrogen and oxygen atoms in total. The molecule has 0 unspecified atom stereocenters. The SMILES string of the molecule is CN(C)C(=S)[S-].O=C([O-])CF.[F-].[Na+].[Na+].[Na+]. The van der Waals surface area contributed by atoms with Gasteiger partial charge in [0.25, 0.3) is 0 Å². The summed E-state index contributed by atoms with van der Waals surface area (Å²) >= 11 is 9.12. The third-order valence-electron chi connectivity index (χ3n) is 0.474. The Kier molecular flexibility index (Phi) is 60.8. The maximum atomic E-state index is 10.5. The van der Waals surface area contributed by atoms with E-state index in [0.717, 1.165) is 0 Å². The van der Waals surface area contributed by atoms with Gasteiger partial charge in [-0.3, -0.25) is 0 Å². The molecule has 0 aliphatic rings. The first-order valence-corrected chi connectivity index (χ1v) is 3.37. The fourth-order valence-electron chi connectivity index (χ4n) is 0. The third-order valence-corrected chi connectivity index (χ3v) is 1.20. The van der Waals surface area contributed by atoms with Gasteiger partial charge in [0.15, 0.2) is 0 Å². The number of hydrogen-bond donors (Lipinski definition) is 0. The molecular formula is C5H8F2NNa3O2S2. The van der Waals surface area contributed by atoms with Gasteiger partial charge in [-0.2, -0.15) is 0 Å². The molecular weight excluding hydrogens is 277 g/mol. The van der Waals surface area contributed by atoms with Crippen LogP contribution in [0.3, 0.4) is 0 Å². The Morgan fingerprint density at radius 1 is 1.40 bits per heavy atom. The molecule has 15 heavy (non-hydrogen) atoms. The van der Waals surface area contributed by atoms with Gasteiger partial charge in [-0.05, 0) is 0 Å². The van der Waals surface area contributed by atoms with Gasteiger partial charge < -0.3 is 44.4 Å². The Morgan fingerprint density at radius 3 is 1.53 bits per heavy atom. The quantitative estimate of drug-likeness (QED) is 0.272. The number of carboxylic acid groups (broad SMARTS) is 1. The molecule has 0 heterocycles. The minimum Gasteiger partial charge on any atom is -1.00 e. The average molecular weight is 285 g/mol. The van der Waals surface area contributed by atoms with Gasteiger partial charge in [0.2, 0.25) is 0 Å². The van der Waals surface area contributed by atoms with Crippen LogP contribution in [0.15, 0.2) is 0 Å². The molecule has 0 spiro atoms. The number of halogens is 2. The summed E-state index contributed by atoms with van der Waals surface area (Å²) in [6.07, 6.45) is 0. The number of thiocarbonyl (C=S) groups is 1. The van der Waals surface area contributed by atoms with E-state index in [0.29, 0.717) is 4.32 Å². The minimum atomic E-state index is -1.66. The van der Waals surface area contributed by atoms with Crippen molar-refractivity contribution in [2.24, 2.45) is 0 Å². The minimum absolute atomic E-state index is 0. The van der Waals surface area contributed by atoms with Gasteiger partial charge in [0.05, 0.1) is 5.97 Å². The summed E-state index contributed by atoms with van der Waals surface area (Å²) in [7, 11) is 3.66. The average Bonchev–Trinajstić information content (AvgIpc) is 1.89. The smallest absolute Gasteiger partial charge is 1.00 e. The molecule has 0 aromatic heterocycles. The van der Waals surface area contributed by atoms with Crippen molar-refractivity contribution >= 4 is 35.1 Å². The van der Waals surface area contributed by atoms with E-state index in [4.69, 9.17) is 9.90 Å². The van der Waals surface area contributed by atoms with Gasteiger partial charge in [0, 0.05) is 14.1 Å². The van der Waals surface area contributed by atoms with Crippen molar-refractivity contribution in [1.29, 1.82) is 0 Å². The van der Waals surface area contributed by atoms with Crippen LogP contribution in [0.25, 0.3) is 0 Å². The van der Waals surface area contributed by atoms with E-state index in [-0.39, 0.29) is 93.4 Å². The maximum Gasteiger partial charge on any atom is 1.00 e. The number of alkyl halides is 1. The molecule has 0 radical (unpaired) electrons. The van der Waals surface area contributed by atoms with Crippen molar-refractivity contribution in [3.8, 4) is 0 Å². The second-order valence-corrected chi connectivity index (χ2v) is 2.70. The van der Waals surface area contributed by atoms with Gasteiger partial charge in [-0.25, -0.2) is 4.39 Å². The van der Waals surface area contributed by atoms with Crippen LogP contribution in [-0.2, 0) is 17.4 Å². The molecule has 0 bridgehead atoms. The summed E-state index contributed by atoms with van der Waals surface area (Å²) in [6.45, 7) is -1.39. The topological polar surface area (TPSA) is 43.4 Å². The molecule has 0 fully saturated rings. The first-order valence-electron chi connectivity index (χ1n) is 2.56. The standard InChI is InChI=1S/C3H7NS2.C2H3FO2.FH.3Na/c1-4(2)3(5)6;3-1-2(4)5;;;;/h1-2H3,(H,5,6);1H2,(H,4,5);1H;;;/q;;;3*+1/p-3. The van der Waals surface area contributed by atoms with Crippen LogP contribution in [0.2, 0.25) is 0 Å². The normalized spacial score (nSPS) is 5.53. The Balaban J connectivity index is -0.0000000215. The Hall–Kier alpha value is 2.44. The van der Waals surface area contributed by atoms with E-state index in [2.05, 4.69) is 24.8 Å². The summed E-state index contributed by atoms with van der Waals surface area (Å²) in [6, 6.07) is 0. The fourth-order valence-corrected chi connectivity index (χ4v) is 0. The van der Waals surface area contributed by atoms with Crippen LogP contribution in [0.5, 0.6) is 0 Å². The van der Waals surface area contributed by atoms with E-state index in [1.165, 1.54) is 0 Å². The van der Waals surface area contributed by atoms with Crippen molar-refractivity contribution in [2.75, 3.05) is 20.8 Å².